The molecule has 4 rings (SSSR count). The smallest absolute Gasteiger partial charge is 0.251 e. The van der Waals surface area contributed by atoms with Gasteiger partial charge < -0.3 is 14.9 Å². The van der Waals surface area contributed by atoms with Gasteiger partial charge in [-0.1, -0.05) is 24.3 Å². The molecule has 2 aromatic carbocycles. The van der Waals surface area contributed by atoms with Crippen LogP contribution in [0.2, 0.25) is 0 Å². The average Bonchev–Trinajstić information content (AvgIpc) is 3.31. The first kappa shape index (κ1) is 16.1. The van der Waals surface area contributed by atoms with E-state index in [0.717, 1.165) is 22.4 Å². The van der Waals surface area contributed by atoms with Gasteiger partial charge in [-0.05, 0) is 36.8 Å². The van der Waals surface area contributed by atoms with Crippen molar-refractivity contribution >= 4 is 16.9 Å². The van der Waals surface area contributed by atoms with E-state index < -0.39 is 0 Å². The molecule has 0 fully saturated rings. The molecule has 2 N–H and O–H groups in total. The maximum absolute atomic E-state index is 12.6. The van der Waals surface area contributed by atoms with Gasteiger partial charge in [-0.25, -0.2) is 9.97 Å². The fourth-order valence-corrected chi connectivity index (χ4v) is 2.93. The Morgan fingerprint density at radius 2 is 2.12 bits per heavy atom. The first-order valence-corrected chi connectivity index (χ1v) is 8.49. The third-order valence-electron chi connectivity index (χ3n) is 4.28. The highest BCUT2D eigenvalue weighted by Gasteiger charge is 2.15. The summed E-state index contributed by atoms with van der Waals surface area (Å²) in [4.78, 5) is 24.5. The number of aromatic amines is 1. The lowest BCUT2D eigenvalue weighted by atomic mass is 10.1. The molecule has 0 aliphatic carbocycles. The molecule has 0 radical (unpaired) electrons. The van der Waals surface area contributed by atoms with Crippen LogP contribution in [0.1, 0.15) is 34.7 Å². The Labute approximate surface area is 150 Å². The number of aromatic nitrogens is 4. The van der Waals surface area contributed by atoms with Crippen LogP contribution in [0, 0.1) is 0 Å². The van der Waals surface area contributed by atoms with Gasteiger partial charge in [-0.15, -0.1) is 0 Å². The number of H-pyrrole nitrogens is 1. The second-order valence-electron chi connectivity index (χ2n) is 6.27. The van der Waals surface area contributed by atoms with E-state index in [-0.39, 0.29) is 11.9 Å². The van der Waals surface area contributed by atoms with Gasteiger partial charge in [-0.2, -0.15) is 0 Å². The molecule has 0 unspecified atom stereocenters. The van der Waals surface area contributed by atoms with Crippen molar-refractivity contribution in [3.63, 3.8) is 0 Å². The number of imidazole rings is 2. The molecule has 26 heavy (non-hydrogen) atoms. The molecule has 0 saturated carbocycles. The van der Waals surface area contributed by atoms with Crippen LogP contribution in [0.3, 0.4) is 0 Å². The minimum atomic E-state index is -0.216. The molecule has 4 aromatic rings. The number of benzene rings is 2. The van der Waals surface area contributed by atoms with E-state index in [0.29, 0.717) is 12.1 Å². The Morgan fingerprint density at radius 1 is 1.23 bits per heavy atom. The van der Waals surface area contributed by atoms with Crippen LogP contribution in [-0.4, -0.2) is 25.4 Å². The van der Waals surface area contributed by atoms with E-state index in [1.165, 1.54) is 0 Å². The lowest BCUT2D eigenvalue weighted by Crippen LogP contribution is -2.27. The van der Waals surface area contributed by atoms with E-state index >= 15 is 0 Å². The van der Waals surface area contributed by atoms with Gasteiger partial charge in [0.25, 0.3) is 5.91 Å². The van der Waals surface area contributed by atoms with Gasteiger partial charge in [0.15, 0.2) is 0 Å². The van der Waals surface area contributed by atoms with Crippen LogP contribution < -0.4 is 5.32 Å². The molecule has 1 atom stereocenters. The molecule has 0 bridgehead atoms. The van der Waals surface area contributed by atoms with Crippen molar-refractivity contribution in [2.45, 2.75) is 19.5 Å². The van der Waals surface area contributed by atoms with Gasteiger partial charge in [0, 0.05) is 24.5 Å². The van der Waals surface area contributed by atoms with Crippen LogP contribution in [0.25, 0.3) is 11.0 Å². The summed E-state index contributed by atoms with van der Waals surface area (Å²) in [5.74, 6) is 0.625. The van der Waals surface area contributed by atoms with Gasteiger partial charge in [0.2, 0.25) is 0 Å². The van der Waals surface area contributed by atoms with Crippen molar-refractivity contribution in [2.24, 2.45) is 0 Å². The lowest BCUT2D eigenvalue weighted by molar-refractivity contribution is 0.0938. The first-order chi connectivity index (χ1) is 12.7. The Balaban J connectivity index is 1.48. The van der Waals surface area contributed by atoms with E-state index in [9.17, 15) is 4.79 Å². The van der Waals surface area contributed by atoms with Crippen LogP contribution in [-0.2, 0) is 6.54 Å². The predicted molar refractivity (Wildman–Crippen MR) is 99.7 cm³/mol. The van der Waals surface area contributed by atoms with Crippen molar-refractivity contribution in [2.75, 3.05) is 0 Å². The molecule has 6 nitrogen and oxygen atoms in total. The topological polar surface area (TPSA) is 75.6 Å². The minimum Gasteiger partial charge on any atom is -0.342 e. The van der Waals surface area contributed by atoms with Crippen molar-refractivity contribution in [3.05, 3.63) is 84.2 Å². The molecule has 0 aliphatic rings. The van der Waals surface area contributed by atoms with E-state index in [1.54, 1.807) is 12.5 Å². The molecular weight excluding hydrogens is 326 g/mol. The van der Waals surface area contributed by atoms with Gasteiger partial charge >= 0.3 is 0 Å². The second-order valence-corrected chi connectivity index (χ2v) is 6.27. The SMILES string of the molecule is C[C@H](NC(=O)c1cccc(Cn2ccnc2)c1)c1nc2ccccc2[nH]1. The highest BCUT2D eigenvalue weighted by Crippen LogP contribution is 2.16. The van der Waals surface area contributed by atoms with Gasteiger partial charge in [-0.3, -0.25) is 4.79 Å². The average molecular weight is 345 g/mol. The van der Waals surface area contributed by atoms with Crippen LogP contribution >= 0.6 is 0 Å². The number of para-hydroxylation sites is 2. The molecule has 0 spiro atoms. The minimum absolute atomic E-state index is 0.120. The zero-order valence-electron chi connectivity index (χ0n) is 14.4. The summed E-state index contributed by atoms with van der Waals surface area (Å²) in [7, 11) is 0. The fraction of sp³-hybridized carbons (Fsp3) is 0.150. The van der Waals surface area contributed by atoms with Crippen molar-refractivity contribution < 1.29 is 4.79 Å². The number of nitrogens with one attached hydrogen (secondary N) is 2. The van der Waals surface area contributed by atoms with Crippen LogP contribution in [0.4, 0.5) is 0 Å². The Bertz CT molecular complexity index is 1000. The number of nitrogens with zero attached hydrogens (tertiary/aromatic N) is 3. The predicted octanol–water partition coefficient (Wildman–Crippen LogP) is 3.30. The molecule has 0 saturated heterocycles. The fourth-order valence-electron chi connectivity index (χ4n) is 2.93. The molecular formula is C20H19N5O. The summed E-state index contributed by atoms with van der Waals surface area (Å²) in [5, 5.41) is 3.01. The number of rotatable bonds is 5. The highest BCUT2D eigenvalue weighted by atomic mass is 16.1. The zero-order chi connectivity index (χ0) is 17.9. The first-order valence-electron chi connectivity index (χ1n) is 8.49. The number of amides is 1. The third kappa shape index (κ3) is 3.35. The maximum atomic E-state index is 12.6. The maximum Gasteiger partial charge on any atom is 0.251 e. The van der Waals surface area contributed by atoms with Crippen molar-refractivity contribution in [3.8, 4) is 0 Å². The summed E-state index contributed by atoms with van der Waals surface area (Å²) in [6, 6.07) is 15.2. The molecule has 2 aromatic heterocycles. The number of fused-ring (bicyclic) bond motifs is 1. The summed E-state index contributed by atoms with van der Waals surface area (Å²) in [6.45, 7) is 2.60. The largest absolute Gasteiger partial charge is 0.342 e. The third-order valence-corrected chi connectivity index (χ3v) is 4.28. The van der Waals surface area contributed by atoms with Crippen LogP contribution in [0.5, 0.6) is 0 Å². The van der Waals surface area contributed by atoms with Gasteiger partial charge in [0.1, 0.15) is 5.82 Å². The van der Waals surface area contributed by atoms with Gasteiger partial charge in [0.05, 0.1) is 23.4 Å². The lowest BCUT2D eigenvalue weighted by Gasteiger charge is -2.12. The normalized spacial score (nSPS) is 12.2. The van der Waals surface area contributed by atoms with Crippen molar-refractivity contribution in [1.29, 1.82) is 0 Å². The summed E-state index contributed by atoms with van der Waals surface area (Å²) in [6.07, 6.45) is 5.40. The standard InChI is InChI=1S/C20H19N5O/c1-14(19-23-17-7-2-3-8-18(17)24-19)22-20(26)16-6-4-5-15(11-16)12-25-10-9-21-13-25/h2-11,13-14H,12H2,1H3,(H,22,26)(H,23,24)/t14-/m0/s1. The Kier molecular flexibility index (Phi) is 4.23. The quantitative estimate of drug-likeness (QED) is 0.583. The van der Waals surface area contributed by atoms with Crippen LogP contribution in [0.15, 0.2) is 67.3 Å². The number of carbonyl (C=O) groups is 1. The van der Waals surface area contributed by atoms with E-state index in [4.69, 9.17) is 0 Å². The van der Waals surface area contributed by atoms with Crippen molar-refractivity contribution in [1.82, 2.24) is 24.8 Å². The summed E-state index contributed by atoms with van der Waals surface area (Å²) < 4.78 is 1.97. The molecule has 0 aliphatic heterocycles. The Morgan fingerprint density at radius 3 is 2.92 bits per heavy atom. The zero-order valence-corrected chi connectivity index (χ0v) is 14.4. The molecule has 6 heteroatoms. The summed E-state index contributed by atoms with van der Waals surface area (Å²) >= 11 is 0. The monoisotopic (exact) mass is 345 g/mol. The Hall–Kier alpha value is -3.41. The van der Waals surface area contributed by atoms with E-state index in [2.05, 4.69) is 20.3 Å². The number of hydrogen-bond acceptors (Lipinski definition) is 3. The number of carbonyl (C=O) groups excluding carboxylic acids is 1. The van der Waals surface area contributed by atoms with E-state index in [1.807, 2.05) is 66.2 Å². The highest BCUT2D eigenvalue weighted by molar-refractivity contribution is 5.94. The molecule has 130 valence electrons. The molecule has 2 heterocycles. The summed E-state index contributed by atoms with van der Waals surface area (Å²) in [5.41, 5.74) is 3.54. The molecule has 1 amide bonds. The second kappa shape index (κ2) is 6.84. The number of hydrogen-bond donors (Lipinski definition) is 2.